The standard InChI is InChI=1S/C14H24N4O2/c1-9(15-3)8-12-17-14(20-18-12)10(2)16-13(19)11-6-4-5-7-11/h9-11,15H,4-8H2,1-3H3,(H,16,19). The third-order valence-electron chi connectivity index (χ3n) is 3.92. The minimum absolute atomic E-state index is 0.110. The van der Waals surface area contributed by atoms with Gasteiger partial charge in [0.25, 0.3) is 0 Å². The normalized spacial score (nSPS) is 18.9. The van der Waals surface area contributed by atoms with Crippen LogP contribution < -0.4 is 10.6 Å². The molecule has 1 heterocycles. The average molecular weight is 280 g/mol. The molecule has 112 valence electrons. The summed E-state index contributed by atoms with van der Waals surface area (Å²) in [5.74, 6) is 1.42. The second-order valence-corrected chi connectivity index (χ2v) is 5.65. The highest BCUT2D eigenvalue weighted by molar-refractivity contribution is 5.79. The molecule has 2 rings (SSSR count). The van der Waals surface area contributed by atoms with Crippen molar-refractivity contribution in [3.05, 3.63) is 11.7 Å². The zero-order chi connectivity index (χ0) is 14.5. The largest absolute Gasteiger partial charge is 0.344 e. The van der Waals surface area contributed by atoms with E-state index in [1.54, 1.807) is 0 Å². The van der Waals surface area contributed by atoms with E-state index >= 15 is 0 Å². The lowest BCUT2D eigenvalue weighted by molar-refractivity contribution is -0.125. The van der Waals surface area contributed by atoms with E-state index in [1.807, 2.05) is 14.0 Å². The van der Waals surface area contributed by atoms with Crippen LogP contribution in [0.4, 0.5) is 0 Å². The van der Waals surface area contributed by atoms with Gasteiger partial charge in [-0.15, -0.1) is 0 Å². The Hall–Kier alpha value is -1.43. The molecule has 1 amide bonds. The first-order valence-electron chi connectivity index (χ1n) is 7.40. The molecule has 1 saturated carbocycles. The van der Waals surface area contributed by atoms with Crippen LogP contribution in [-0.4, -0.2) is 29.1 Å². The minimum Gasteiger partial charge on any atom is -0.344 e. The van der Waals surface area contributed by atoms with Crippen molar-refractivity contribution in [3.8, 4) is 0 Å². The van der Waals surface area contributed by atoms with Gasteiger partial charge in [0.05, 0.1) is 0 Å². The third kappa shape index (κ3) is 3.79. The van der Waals surface area contributed by atoms with Crippen LogP contribution in [0.2, 0.25) is 0 Å². The summed E-state index contributed by atoms with van der Waals surface area (Å²) < 4.78 is 5.23. The van der Waals surface area contributed by atoms with E-state index in [4.69, 9.17) is 4.52 Å². The maximum atomic E-state index is 12.0. The Labute approximate surface area is 119 Å². The van der Waals surface area contributed by atoms with Crippen molar-refractivity contribution < 1.29 is 9.32 Å². The van der Waals surface area contributed by atoms with E-state index in [0.717, 1.165) is 25.7 Å². The van der Waals surface area contributed by atoms with Gasteiger partial charge >= 0.3 is 0 Å². The van der Waals surface area contributed by atoms with Crippen LogP contribution in [-0.2, 0) is 11.2 Å². The number of nitrogens with zero attached hydrogens (tertiary/aromatic N) is 2. The van der Waals surface area contributed by atoms with Crippen LogP contribution in [0.15, 0.2) is 4.52 Å². The average Bonchev–Trinajstić information content (AvgIpc) is 3.09. The summed E-state index contributed by atoms with van der Waals surface area (Å²) in [5.41, 5.74) is 0. The summed E-state index contributed by atoms with van der Waals surface area (Å²) in [6.07, 6.45) is 5.00. The van der Waals surface area contributed by atoms with Gasteiger partial charge in [-0.2, -0.15) is 4.98 Å². The van der Waals surface area contributed by atoms with Gasteiger partial charge in [0.1, 0.15) is 6.04 Å². The first-order valence-corrected chi connectivity index (χ1v) is 7.40. The van der Waals surface area contributed by atoms with E-state index < -0.39 is 0 Å². The van der Waals surface area contributed by atoms with Gasteiger partial charge in [-0.3, -0.25) is 4.79 Å². The molecule has 1 aliphatic rings. The molecular formula is C14H24N4O2. The molecule has 0 saturated heterocycles. The molecule has 1 aromatic heterocycles. The Morgan fingerprint density at radius 2 is 2.10 bits per heavy atom. The molecule has 0 spiro atoms. The van der Waals surface area contributed by atoms with Crippen molar-refractivity contribution >= 4 is 5.91 Å². The van der Waals surface area contributed by atoms with Crippen molar-refractivity contribution in [2.45, 2.75) is 58.0 Å². The van der Waals surface area contributed by atoms with Gasteiger partial charge in [-0.1, -0.05) is 18.0 Å². The zero-order valence-corrected chi connectivity index (χ0v) is 12.5. The summed E-state index contributed by atoms with van der Waals surface area (Å²) in [6, 6.07) is 0.0677. The Morgan fingerprint density at radius 3 is 2.75 bits per heavy atom. The fourth-order valence-electron chi connectivity index (χ4n) is 2.48. The van der Waals surface area contributed by atoms with E-state index in [0.29, 0.717) is 24.2 Å². The predicted molar refractivity (Wildman–Crippen MR) is 75.0 cm³/mol. The topological polar surface area (TPSA) is 80.0 Å². The van der Waals surface area contributed by atoms with Crippen LogP contribution in [0.5, 0.6) is 0 Å². The molecule has 6 heteroatoms. The monoisotopic (exact) mass is 280 g/mol. The van der Waals surface area contributed by atoms with Crippen LogP contribution in [0, 0.1) is 5.92 Å². The lowest BCUT2D eigenvalue weighted by Crippen LogP contribution is -2.31. The van der Waals surface area contributed by atoms with Crippen LogP contribution in [0.1, 0.15) is 57.3 Å². The highest BCUT2D eigenvalue weighted by atomic mass is 16.5. The summed E-state index contributed by atoms with van der Waals surface area (Å²) in [5, 5.41) is 10.1. The molecule has 0 aromatic carbocycles. The van der Waals surface area contributed by atoms with Gasteiger partial charge in [0.2, 0.25) is 11.8 Å². The highest BCUT2D eigenvalue weighted by Crippen LogP contribution is 2.25. The molecule has 0 aliphatic heterocycles. The number of hydrogen-bond donors (Lipinski definition) is 2. The highest BCUT2D eigenvalue weighted by Gasteiger charge is 2.25. The Bertz CT molecular complexity index is 440. The van der Waals surface area contributed by atoms with Crippen LogP contribution in [0.25, 0.3) is 0 Å². The number of nitrogens with one attached hydrogen (secondary N) is 2. The summed E-state index contributed by atoms with van der Waals surface area (Å²) >= 11 is 0. The fraction of sp³-hybridized carbons (Fsp3) is 0.786. The first-order chi connectivity index (χ1) is 9.60. The number of carbonyl (C=O) groups excluding carboxylic acids is 1. The van der Waals surface area contributed by atoms with Gasteiger partial charge in [0, 0.05) is 18.4 Å². The van der Waals surface area contributed by atoms with Crippen molar-refractivity contribution in [1.29, 1.82) is 0 Å². The number of aromatic nitrogens is 2. The molecule has 1 fully saturated rings. The maximum Gasteiger partial charge on any atom is 0.248 e. The van der Waals surface area contributed by atoms with Gasteiger partial charge in [0.15, 0.2) is 5.82 Å². The van der Waals surface area contributed by atoms with Gasteiger partial charge < -0.3 is 15.2 Å². The van der Waals surface area contributed by atoms with E-state index in [9.17, 15) is 4.79 Å². The third-order valence-corrected chi connectivity index (χ3v) is 3.92. The molecule has 2 N–H and O–H groups in total. The van der Waals surface area contributed by atoms with Crippen LogP contribution in [0.3, 0.4) is 0 Å². The number of rotatable bonds is 6. The van der Waals surface area contributed by atoms with Crippen molar-refractivity contribution in [3.63, 3.8) is 0 Å². The van der Waals surface area contributed by atoms with E-state index in [1.165, 1.54) is 0 Å². The quantitative estimate of drug-likeness (QED) is 0.827. The second kappa shape index (κ2) is 6.83. The Morgan fingerprint density at radius 1 is 1.40 bits per heavy atom. The maximum absolute atomic E-state index is 12.0. The molecule has 2 unspecified atom stereocenters. The fourth-order valence-corrected chi connectivity index (χ4v) is 2.48. The lowest BCUT2D eigenvalue weighted by Gasteiger charge is -2.13. The van der Waals surface area contributed by atoms with E-state index in [2.05, 4.69) is 27.7 Å². The van der Waals surface area contributed by atoms with E-state index in [-0.39, 0.29) is 17.9 Å². The minimum atomic E-state index is -0.228. The number of hydrogen-bond acceptors (Lipinski definition) is 5. The summed E-state index contributed by atoms with van der Waals surface area (Å²) in [4.78, 5) is 16.4. The molecule has 0 bridgehead atoms. The SMILES string of the molecule is CNC(C)Cc1noc(C(C)NC(=O)C2CCCC2)n1. The number of amides is 1. The lowest BCUT2D eigenvalue weighted by atomic mass is 10.1. The zero-order valence-electron chi connectivity index (χ0n) is 12.5. The Kier molecular flexibility index (Phi) is 5.11. The molecular weight excluding hydrogens is 256 g/mol. The molecule has 0 radical (unpaired) electrons. The number of carbonyl (C=O) groups is 1. The summed E-state index contributed by atoms with van der Waals surface area (Å²) in [7, 11) is 1.90. The number of likely N-dealkylation sites (N-methyl/N-ethyl adjacent to an activating group) is 1. The van der Waals surface area contributed by atoms with Gasteiger partial charge in [-0.05, 0) is 33.7 Å². The predicted octanol–water partition coefficient (Wildman–Crippen LogP) is 1.59. The van der Waals surface area contributed by atoms with Crippen molar-refractivity contribution in [2.24, 2.45) is 5.92 Å². The molecule has 2 atom stereocenters. The smallest absolute Gasteiger partial charge is 0.248 e. The van der Waals surface area contributed by atoms with Crippen LogP contribution >= 0.6 is 0 Å². The summed E-state index contributed by atoms with van der Waals surface area (Å²) in [6.45, 7) is 3.94. The second-order valence-electron chi connectivity index (χ2n) is 5.65. The van der Waals surface area contributed by atoms with Crippen molar-refractivity contribution in [1.82, 2.24) is 20.8 Å². The van der Waals surface area contributed by atoms with Gasteiger partial charge in [-0.25, -0.2) is 0 Å². The molecule has 20 heavy (non-hydrogen) atoms. The Balaban J connectivity index is 1.88. The molecule has 1 aromatic rings. The van der Waals surface area contributed by atoms with Crippen molar-refractivity contribution in [2.75, 3.05) is 7.05 Å². The molecule has 6 nitrogen and oxygen atoms in total. The molecule has 1 aliphatic carbocycles. The first kappa shape index (κ1) is 15.0.